The SMILES string of the molecule is c1ccc(N(c2ccc3c(c2)oc2ccccc23)c2ccc3oc4cc5c(cc4c3c2)oc2cc3c(cc25)oc2ccc(N(c4ccccc4)c4ccc5c(c4)oc4ccccc45)cc23)cc1. The number of hydrogen-bond donors (Lipinski definition) is 0. The van der Waals surface area contributed by atoms with Gasteiger partial charge in [-0.1, -0.05) is 72.8 Å². The smallest absolute Gasteiger partial charge is 0.137 e. The summed E-state index contributed by atoms with van der Waals surface area (Å²) in [5.41, 5.74) is 14.2. The Morgan fingerprint density at radius 2 is 0.463 bits per heavy atom. The number of para-hydroxylation sites is 4. The van der Waals surface area contributed by atoms with Gasteiger partial charge in [0.15, 0.2) is 0 Å². The third kappa shape index (κ3) is 5.46. The monoisotopic (exact) mass is 862 g/mol. The molecule has 0 aliphatic carbocycles. The third-order valence-corrected chi connectivity index (χ3v) is 13.4. The number of nitrogens with zero attached hydrogens (tertiary/aromatic N) is 2. The van der Waals surface area contributed by atoms with Crippen LogP contribution in [-0.2, 0) is 0 Å². The second kappa shape index (κ2) is 13.7. The lowest BCUT2D eigenvalue weighted by atomic mass is 10.1. The Labute approximate surface area is 380 Å². The van der Waals surface area contributed by atoms with Gasteiger partial charge in [-0.2, -0.15) is 0 Å². The maximum Gasteiger partial charge on any atom is 0.137 e. The van der Waals surface area contributed by atoms with E-state index in [2.05, 4.69) is 168 Å². The molecule has 0 aliphatic heterocycles. The third-order valence-electron chi connectivity index (χ3n) is 13.4. The van der Waals surface area contributed by atoms with Gasteiger partial charge >= 0.3 is 0 Å². The lowest BCUT2D eigenvalue weighted by Gasteiger charge is -2.25. The molecule has 7 heteroatoms. The van der Waals surface area contributed by atoms with Crippen molar-refractivity contribution >= 4 is 144 Å². The molecule has 314 valence electrons. The van der Waals surface area contributed by atoms with Crippen molar-refractivity contribution in [3.63, 3.8) is 0 Å². The Balaban J connectivity index is 0.847. The van der Waals surface area contributed by atoms with Crippen LogP contribution in [-0.4, -0.2) is 0 Å². The highest BCUT2D eigenvalue weighted by atomic mass is 16.3. The second-order valence-corrected chi connectivity index (χ2v) is 17.3. The molecular formula is C60H34N2O5. The first-order valence-electron chi connectivity index (χ1n) is 22.4. The highest BCUT2D eigenvalue weighted by Crippen LogP contribution is 2.45. The summed E-state index contributed by atoms with van der Waals surface area (Å²) in [7, 11) is 0. The van der Waals surface area contributed by atoms with Gasteiger partial charge < -0.3 is 31.9 Å². The first kappa shape index (κ1) is 36.2. The van der Waals surface area contributed by atoms with Crippen LogP contribution in [0.1, 0.15) is 0 Å². The number of anilines is 6. The van der Waals surface area contributed by atoms with E-state index in [9.17, 15) is 0 Å². The van der Waals surface area contributed by atoms with E-state index >= 15 is 0 Å². The molecule has 0 spiro atoms. The molecule has 0 aliphatic rings. The molecule has 0 bridgehead atoms. The second-order valence-electron chi connectivity index (χ2n) is 17.3. The van der Waals surface area contributed by atoms with Gasteiger partial charge in [0, 0.05) is 100 Å². The van der Waals surface area contributed by atoms with E-state index < -0.39 is 0 Å². The first-order valence-corrected chi connectivity index (χ1v) is 22.4. The molecule has 0 saturated heterocycles. The van der Waals surface area contributed by atoms with Crippen molar-refractivity contribution in [2.24, 2.45) is 0 Å². The van der Waals surface area contributed by atoms with Gasteiger partial charge in [0.05, 0.1) is 0 Å². The number of furan rings is 5. The van der Waals surface area contributed by atoms with Crippen LogP contribution in [0.4, 0.5) is 34.1 Å². The number of rotatable bonds is 6. The van der Waals surface area contributed by atoms with E-state index in [1.54, 1.807) is 0 Å². The van der Waals surface area contributed by atoms with Gasteiger partial charge in [-0.05, 0) is 121 Å². The predicted molar refractivity (Wildman–Crippen MR) is 272 cm³/mol. The van der Waals surface area contributed by atoms with Crippen LogP contribution in [0.5, 0.6) is 0 Å². The molecule has 0 amide bonds. The molecular weight excluding hydrogens is 829 g/mol. The van der Waals surface area contributed by atoms with Crippen molar-refractivity contribution in [2.45, 2.75) is 0 Å². The number of fused-ring (bicyclic) bond motifs is 15. The van der Waals surface area contributed by atoms with E-state index in [0.717, 1.165) is 144 Å². The van der Waals surface area contributed by atoms with Crippen LogP contribution in [0.2, 0.25) is 0 Å². The predicted octanol–water partition coefficient (Wildman–Crippen LogP) is 18.1. The van der Waals surface area contributed by atoms with E-state index in [1.807, 2.05) is 48.5 Å². The standard InChI is InChI=1S/C60H34N2O5/c1-3-11-35(12-4-1)61(39-19-23-43-41-15-7-9-17-51(41)63-55(43)29-39)37-21-25-53-45(27-37)47-31-59-49(33-57(47)65-53)50-34-58-48(32-60(50)67-59)46-28-38(22-26-54(46)66-58)62(36-13-5-2-6-14-36)40-20-24-44-42-16-8-10-18-52(42)64-56(44)30-40/h1-34H. The molecule has 0 radical (unpaired) electrons. The van der Waals surface area contributed by atoms with Crippen molar-refractivity contribution in [1.29, 1.82) is 0 Å². The molecule has 0 unspecified atom stereocenters. The molecule has 15 rings (SSSR count). The molecule has 0 N–H and O–H groups in total. The molecule has 0 atom stereocenters. The topological polar surface area (TPSA) is 72.2 Å². The molecule has 10 aromatic carbocycles. The maximum absolute atomic E-state index is 6.74. The minimum Gasteiger partial charge on any atom is -0.456 e. The van der Waals surface area contributed by atoms with E-state index in [0.29, 0.717) is 0 Å². The molecule has 7 nitrogen and oxygen atoms in total. The summed E-state index contributed by atoms with van der Waals surface area (Å²) in [5, 5.41) is 10.3. The van der Waals surface area contributed by atoms with Crippen LogP contribution in [0, 0.1) is 0 Å². The lowest BCUT2D eigenvalue weighted by molar-refractivity contribution is 0.662. The van der Waals surface area contributed by atoms with Crippen LogP contribution in [0.25, 0.3) is 110 Å². The summed E-state index contributed by atoms with van der Waals surface area (Å²) in [6.45, 7) is 0. The fourth-order valence-corrected chi connectivity index (χ4v) is 10.3. The Morgan fingerprint density at radius 1 is 0.179 bits per heavy atom. The molecule has 67 heavy (non-hydrogen) atoms. The Kier molecular flexibility index (Phi) is 7.37. The average Bonchev–Trinajstić information content (AvgIpc) is 4.19. The molecule has 15 aromatic rings. The summed E-state index contributed by atoms with van der Waals surface area (Å²) >= 11 is 0. The highest BCUT2D eigenvalue weighted by Gasteiger charge is 2.22. The summed E-state index contributed by atoms with van der Waals surface area (Å²) in [4.78, 5) is 4.52. The van der Waals surface area contributed by atoms with Crippen molar-refractivity contribution < 1.29 is 22.1 Å². The summed E-state index contributed by atoms with van der Waals surface area (Å²) in [6, 6.07) is 71.2. The summed E-state index contributed by atoms with van der Waals surface area (Å²) < 4.78 is 32.6. The average molecular weight is 863 g/mol. The van der Waals surface area contributed by atoms with Crippen molar-refractivity contribution in [3.8, 4) is 0 Å². The molecule has 0 saturated carbocycles. The minimum atomic E-state index is 0.778. The summed E-state index contributed by atoms with van der Waals surface area (Å²) in [5.74, 6) is 0. The van der Waals surface area contributed by atoms with Gasteiger partial charge in [0.1, 0.15) is 55.8 Å². The molecule has 5 aromatic heterocycles. The van der Waals surface area contributed by atoms with Gasteiger partial charge in [-0.15, -0.1) is 0 Å². The number of benzene rings is 10. The Morgan fingerprint density at radius 3 is 0.881 bits per heavy atom. The number of hydrogen-bond acceptors (Lipinski definition) is 7. The van der Waals surface area contributed by atoms with Crippen molar-refractivity contribution in [1.82, 2.24) is 0 Å². The van der Waals surface area contributed by atoms with Crippen LogP contribution in [0.3, 0.4) is 0 Å². The Bertz CT molecular complexity index is 4190. The molecule has 5 heterocycles. The van der Waals surface area contributed by atoms with Crippen LogP contribution < -0.4 is 9.80 Å². The quantitative estimate of drug-likeness (QED) is 0.165. The lowest BCUT2D eigenvalue weighted by Crippen LogP contribution is -2.09. The maximum atomic E-state index is 6.74. The zero-order valence-corrected chi connectivity index (χ0v) is 35.6. The Hall–Kier alpha value is -9.20. The van der Waals surface area contributed by atoms with Crippen molar-refractivity contribution in [3.05, 3.63) is 206 Å². The van der Waals surface area contributed by atoms with Crippen molar-refractivity contribution in [2.75, 3.05) is 9.80 Å². The zero-order chi connectivity index (χ0) is 43.7. The normalized spacial score (nSPS) is 12.2. The van der Waals surface area contributed by atoms with Gasteiger partial charge in [0.2, 0.25) is 0 Å². The highest BCUT2D eigenvalue weighted by molar-refractivity contribution is 6.19. The van der Waals surface area contributed by atoms with E-state index in [1.165, 1.54) is 0 Å². The zero-order valence-electron chi connectivity index (χ0n) is 35.6. The van der Waals surface area contributed by atoms with E-state index in [-0.39, 0.29) is 0 Å². The first-order chi connectivity index (χ1) is 33.1. The minimum absolute atomic E-state index is 0.778. The van der Waals surface area contributed by atoms with Gasteiger partial charge in [0.25, 0.3) is 0 Å². The van der Waals surface area contributed by atoms with Gasteiger partial charge in [-0.25, -0.2) is 0 Å². The molecule has 0 fully saturated rings. The fraction of sp³-hybridized carbons (Fsp3) is 0. The van der Waals surface area contributed by atoms with Crippen LogP contribution >= 0.6 is 0 Å². The van der Waals surface area contributed by atoms with Crippen LogP contribution in [0.15, 0.2) is 228 Å². The fourth-order valence-electron chi connectivity index (χ4n) is 10.3. The summed E-state index contributed by atoms with van der Waals surface area (Å²) in [6.07, 6.45) is 0. The van der Waals surface area contributed by atoms with Gasteiger partial charge in [-0.3, -0.25) is 0 Å². The largest absolute Gasteiger partial charge is 0.456 e. The van der Waals surface area contributed by atoms with E-state index in [4.69, 9.17) is 22.1 Å².